The van der Waals surface area contributed by atoms with Crippen molar-refractivity contribution in [3.8, 4) is 17.2 Å². The van der Waals surface area contributed by atoms with Crippen molar-refractivity contribution in [2.24, 2.45) is 0 Å². The lowest BCUT2D eigenvalue weighted by molar-refractivity contribution is -0.131. The fourth-order valence-electron chi connectivity index (χ4n) is 2.05. The predicted molar refractivity (Wildman–Crippen MR) is 81.7 cm³/mol. The molecule has 0 atom stereocenters. The molecule has 0 spiro atoms. The largest absolute Gasteiger partial charge is 0.508 e. The van der Waals surface area contributed by atoms with Crippen LogP contribution in [0.15, 0.2) is 47.1 Å². The lowest BCUT2D eigenvalue weighted by atomic mass is 10.2. The Morgan fingerprint density at radius 3 is 2.86 bits per heavy atom. The van der Waals surface area contributed by atoms with Crippen molar-refractivity contribution in [1.29, 1.82) is 0 Å². The lowest BCUT2D eigenvalue weighted by Crippen LogP contribution is -2.06. The number of carbonyl (C=O) groups is 1. The molecule has 0 unspecified atom stereocenters. The number of carbonyl (C=O) groups excluding carboxylic acids is 1. The van der Waals surface area contributed by atoms with E-state index in [-0.39, 0.29) is 5.75 Å². The molecule has 0 amide bonds. The molecule has 0 bridgehead atoms. The molecule has 0 saturated heterocycles. The van der Waals surface area contributed by atoms with Gasteiger partial charge < -0.3 is 9.84 Å². The Hall–Kier alpha value is -2.34. The summed E-state index contributed by atoms with van der Waals surface area (Å²) in [6.07, 6.45) is 1.77. The number of esters is 1. The van der Waals surface area contributed by atoms with Gasteiger partial charge in [-0.15, -0.1) is 0 Å². The fraction of sp³-hybridized carbons (Fsp3) is 0.0667. The minimum atomic E-state index is -0.399. The highest BCUT2D eigenvalue weighted by molar-refractivity contribution is 9.10. The molecular weight excluding hydrogens is 336 g/mol. The summed E-state index contributed by atoms with van der Waals surface area (Å²) in [5.74, 6) is 0.190. The Labute approximate surface area is 128 Å². The molecule has 1 heterocycles. The molecule has 0 aliphatic rings. The molecule has 1 aromatic heterocycles. The van der Waals surface area contributed by atoms with E-state index in [2.05, 4.69) is 21.0 Å². The Morgan fingerprint density at radius 2 is 2.10 bits per heavy atom. The number of fused-ring (bicyclic) bond motifs is 1. The van der Waals surface area contributed by atoms with Crippen molar-refractivity contribution in [1.82, 2.24) is 9.78 Å². The molecule has 0 radical (unpaired) electrons. The Morgan fingerprint density at radius 1 is 1.29 bits per heavy atom. The summed E-state index contributed by atoms with van der Waals surface area (Å²) in [5, 5.41) is 14.7. The van der Waals surface area contributed by atoms with E-state index in [0.29, 0.717) is 11.4 Å². The van der Waals surface area contributed by atoms with Gasteiger partial charge in [-0.2, -0.15) is 5.10 Å². The predicted octanol–water partition coefficient (Wildman–Crippen LogP) is 3.42. The van der Waals surface area contributed by atoms with E-state index >= 15 is 0 Å². The van der Waals surface area contributed by atoms with E-state index in [1.165, 1.54) is 6.92 Å². The number of ether oxygens (including phenoxy) is 1. The maximum absolute atomic E-state index is 11.2. The van der Waals surface area contributed by atoms with Crippen LogP contribution >= 0.6 is 15.9 Å². The summed E-state index contributed by atoms with van der Waals surface area (Å²) in [6, 6.07) is 10.3. The van der Waals surface area contributed by atoms with Gasteiger partial charge in [0, 0.05) is 23.0 Å². The van der Waals surface area contributed by atoms with Crippen molar-refractivity contribution in [2.75, 3.05) is 0 Å². The maximum Gasteiger partial charge on any atom is 0.308 e. The highest BCUT2D eigenvalue weighted by Gasteiger charge is 2.11. The van der Waals surface area contributed by atoms with Crippen molar-refractivity contribution in [2.45, 2.75) is 6.92 Å². The molecule has 5 nitrogen and oxygen atoms in total. The van der Waals surface area contributed by atoms with Crippen molar-refractivity contribution < 1.29 is 14.6 Å². The molecule has 2 aromatic carbocycles. The third-order valence-corrected chi connectivity index (χ3v) is 3.40. The summed E-state index contributed by atoms with van der Waals surface area (Å²) >= 11 is 3.35. The molecule has 21 heavy (non-hydrogen) atoms. The van der Waals surface area contributed by atoms with E-state index in [9.17, 15) is 9.90 Å². The average Bonchev–Trinajstić information content (AvgIpc) is 2.80. The normalized spacial score (nSPS) is 10.8. The summed E-state index contributed by atoms with van der Waals surface area (Å²) in [7, 11) is 0. The van der Waals surface area contributed by atoms with Gasteiger partial charge in [-0.05, 0) is 36.4 Å². The number of benzene rings is 2. The van der Waals surface area contributed by atoms with Crippen LogP contribution < -0.4 is 4.74 Å². The molecule has 0 saturated carbocycles. The molecule has 0 aliphatic carbocycles. The summed E-state index contributed by atoms with van der Waals surface area (Å²) < 4.78 is 7.64. The first-order valence-corrected chi connectivity index (χ1v) is 6.99. The van der Waals surface area contributed by atoms with E-state index < -0.39 is 5.97 Å². The number of halogens is 1. The number of nitrogens with zero attached hydrogens (tertiary/aromatic N) is 2. The summed E-state index contributed by atoms with van der Waals surface area (Å²) in [6.45, 7) is 1.35. The Bertz CT molecular complexity index is 842. The SMILES string of the molecule is CC(=O)Oc1cc(Br)ccc1-n1cc2cc(O)ccc2n1. The fourth-order valence-corrected chi connectivity index (χ4v) is 2.39. The average molecular weight is 347 g/mol. The molecule has 0 aliphatic heterocycles. The highest BCUT2D eigenvalue weighted by Crippen LogP contribution is 2.29. The topological polar surface area (TPSA) is 64.3 Å². The van der Waals surface area contributed by atoms with Crippen molar-refractivity contribution >= 4 is 32.8 Å². The standard InChI is InChI=1S/C15H11BrN2O3/c1-9(19)21-15-7-11(16)2-5-14(15)18-8-10-6-12(20)3-4-13(10)17-18/h2-8,20H,1H3. The van der Waals surface area contributed by atoms with Gasteiger partial charge in [-0.25, -0.2) is 4.68 Å². The first-order valence-electron chi connectivity index (χ1n) is 6.20. The van der Waals surface area contributed by atoms with Crippen LogP contribution in [-0.2, 0) is 4.79 Å². The van der Waals surface area contributed by atoms with Gasteiger partial charge in [0.15, 0.2) is 5.75 Å². The quantitative estimate of drug-likeness (QED) is 0.570. The van der Waals surface area contributed by atoms with Gasteiger partial charge in [0.25, 0.3) is 0 Å². The number of rotatable bonds is 2. The molecule has 3 rings (SSSR count). The van der Waals surface area contributed by atoms with Crippen LogP contribution in [0.1, 0.15) is 6.92 Å². The summed E-state index contributed by atoms with van der Waals surface area (Å²) in [4.78, 5) is 11.2. The zero-order valence-electron chi connectivity index (χ0n) is 11.1. The zero-order chi connectivity index (χ0) is 15.0. The third-order valence-electron chi connectivity index (χ3n) is 2.91. The van der Waals surface area contributed by atoms with E-state index in [1.54, 1.807) is 41.2 Å². The minimum Gasteiger partial charge on any atom is -0.508 e. The van der Waals surface area contributed by atoms with Gasteiger partial charge in [-0.3, -0.25) is 4.79 Å². The zero-order valence-corrected chi connectivity index (χ0v) is 12.7. The van der Waals surface area contributed by atoms with E-state index in [1.807, 2.05) is 6.07 Å². The second-order valence-electron chi connectivity index (χ2n) is 4.52. The first kappa shape index (κ1) is 13.6. The Balaban J connectivity index is 2.15. The van der Waals surface area contributed by atoms with Crippen molar-refractivity contribution in [3.05, 3.63) is 47.1 Å². The van der Waals surface area contributed by atoms with Gasteiger partial charge in [0.2, 0.25) is 0 Å². The van der Waals surface area contributed by atoms with Crippen LogP contribution in [0.2, 0.25) is 0 Å². The number of aromatic nitrogens is 2. The van der Waals surface area contributed by atoms with E-state index in [0.717, 1.165) is 15.4 Å². The minimum absolute atomic E-state index is 0.179. The van der Waals surface area contributed by atoms with Crippen LogP contribution in [0.3, 0.4) is 0 Å². The third kappa shape index (κ3) is 2.75. The monoisotopic (exact) mass is 346 g/mol. The molecule has 0 fully saturated rings. The van der Waals surface area contributed by atoms with E-state index in [4.69, 9.17) is 4.74 Å². The number of hydrogen-bond acceptors (Lipinski definition) is 4. The number of phenols is 1. The first-order chi connectivity index (χ1) is 10.0. The van der Waals surface area contributed by atoms with Crippen LogP contribution in [0.5, 0.6) is 11.5 Å². The second-order valence-corrected chi connectivity index (χ2v) is 5.44. The highest BCUT2D eigenvalue weighted by atomic mass is 79.9. The number of hydrogen-bond donors (Lipinski definition) is 1. The van der Waals surface area contributed by atoms with Crippen LogP contribution in [0.4, 0.5) is 0 Å². The molecule has 3 aromatic rings. The molecule has 106 valence electrons. The number of phenolic OH excluding ortho intramolecular Hbond substituents is 1. The molecule has 1 N–H and O–H groups in total. The van der Waals surface area contributed by atoms with Gasteiger partial charge in [0.1, 0.15) is 11.4 Å². The number of aromatic hydroxyl groups is 1. The van der Waals surface area contributed by atoms with Gasteiger partial charge >= 0.3 is 5.97 Å². The molecule has 6 heteroatoms. The van der Waals surface area contributed by atoms with Crippen LogP contribution in [-0.4, -0.2) is 20.9 Å². The van der Waals surface area contributed by atoms with Gasteiger partial charge in [0.05, 0.1) is 5.52 Å². The summed E-state index contributed by atoms with van der Waals surface area (Å²) in [5.41, 5.74) is 1.38. The van der Waals surface area contributed by atoms with Crippen LogP contribution in [0, 0.1) is 0 Å². The van der Waals surface area contributed by atoms with Crippen LogP contribution in [0.25, 0.3) is 16.6 Å². The van der Waals surface area contributed by atoms with Gasteiger partial charge in [-0.1, -0.05) is 15.9 Å². The second kappa shape index (κ2) is 5.21. The van der Waals surface area contributed by atoms with Crippen molar-refractivity contribution in [3.63, 3.8) is 0 Å². The molecular formula is C15H11BrN2O3. The maximum atomic E-state index is 11.2. The lowest BCUT2D eigenvalue weighted by Gasteiger charge is -2.09. The smallest absolute Gasteiger partial charge is 0.308 e. The Kier molecular flexibility index (Phi) is 3.39.